The Balaban J connectivity index is 2.19. The number of nitrogens with zero attached hydrogens (tertiary/aromatic N) is 1. The van der Waals surface area contributed by atoms with Crippen molar-refractivity contribution in [3.05, 3.63) is 30.6 Å². The molecular formula is C9H6N2O3S. The molecule has 3 heterocycles. The SMILES string of the molecule is O=S1Oc2nccc(-c3ccc[nH]3)c2O1. The summed E-state index contributed by atoms with van der Waals surface area (Å²) in [6, 6.07) is 5.53. The molecule has 5 nitrogen and oxygen atoms in total. The van der Waals surface area contributed by atoms with Crippen LogP contribution in [0.2, 0.25) is 0 Å². The highest BCUT2D eigenvalue weighted by Crippen LogP contribution is 2.40. The molecule has 3 rings (SSSR count). The van der Waals surface area contributed by atoms with Crippen LogP contribution in [0.1, 0.15) is 0 Å². The average Bonchev–Trinajstić information content (AvgIpc) is 2.82. The lowest BCUT2D eigenvalue weighted by Gasteiger charge is -2.00. The van der Waals surface area contributed by atoms with Gasteiger partial charge >= 0.3 is 11.4 Å². The van der Waals surface area contributed by atoms with E-state index in [1.54, 1.807) is 18.5 Å². The summed E-state index contributed by atoms with van der Waals surface area (Å²) in [7, 11) is 0. The molecule has 6 heteroatoms. The number of aromatic amines is 1. The van der Waals surface area contributed by atoms with E-state index < -0.39 is 11.4 Å². The Morgan fingerprint density at radius 2 is 2.27 bits per heavy atom. The molecule has 1 unspecified atom stereocenters. The van der Waals surface area contributed by atoms with Crippen molar-refractivity contribution < 1.29 is 12.6 Å². The highest BCUT2D eigenvalue weighted by Gasteiger charge is 2.26. The van der Waals surface area contributed by atoms with Crippen LogP contribution >= 0.6 is 0 Å². The topological polar surface area (TPSA) is 64.2 Å². The summed E-state index contributed by atoms with van der Waals surface area (Å²) in [5.74, 6) is 0.679. The normalized spacial score (nSPS) is 18.0. The predicted molar refractivity (Wildman–Crippen MR) is 53.4 cm³/mol. The van der Waals surface area contributed by atoms with E-state index in [9.17, 15) is 4.21 Å². The van der Waals surface area contributed by atoms with Crippen molar-refractivity contribution in [1.29, 1.82) is 0 Å². The lowest BCUT2D eigenvalue weighted by Crippen LogP contribution is -1.97. The van der Waals surface area contributed by atoms with Crippen LogP contribution in [0.25, 0.3) is 11.3 Å². The fourth-order valence-electron chi connectivity index (χ4n) is 1.43. The highest BCUT2D eigenvalue weighted by atomic mass is 32.2. The second-order valence-corrected chi connectivity index (χ2v) is 3.69. The summed E-state index contributed by atoms with van der Waals surface area (Å²) in [5.41, 5.74) is 1.66. The number of aromatic nitrogens is 2. The van der Waals surface area contributed by atoms with Gasteiger partial charge in [-0.1, -0.05) is 0 Å². The number of rotatable bonds is 1. The largest absolute Gasteiger partial charge is 0.419 e. The highest BCUT2D eigenvalue weighted by molar-refractivity contribution is 7.76. The van der Waals surface area contributed by atoms with Gasteiger partial charge in [-0.2, -0.15) is 4.21 Å². The van der Waals surface area contributed by atoms with Crippen LogP contribution in [0.15, 0.2) is 30.6 Å². The molecule has 0 spiro atoms. The molecule has 2 aromatic rings. The van der Waals surface area contributed by atoms with Crippen molar-refractivity contribution in [2.75, 3.05) is 0 Å². The van der Waals surface area contributed by atoms with Gasteiger partial charge in [0, 0.05) is 23.7 Å². The first-order chi connectivity index (χ1) is 7.34. The first-order valence-electron chi connectivity index (χ1n) is 4.26. The molecule has 76 valence electrons. The molecule has 0 radical (unpaired) electrons. The van der Waals surface area contributed by atoms with Crippen LogP contribution in [0.4, 0.5) is 0 Å². The van der Waals surface area contributed by atoms with Crippen LogP contribution < -0.4 is 8.37 Å². The third-order valence-corrected chi connectivity index (χ3v) is 2.66. The molecule has 0 bridgehead atoms. The number of H-pyrrole nitrogens is 1. The molecule has 0 fully saturated rings. The van der Waals surface area contributed by atoms with Gasteiger partial charge in [0.05, 0.1) is 0 Å². The lowest BCUT2D eigenvalue weighted by atomic mass is 10.2. The lowest BCUT2D eigenvalue weighted by molar-refractivity contribution is 0.516. The maximum absolute atomic E-state index is 11.0. The maximum Gasteiger partial charge on any atom is 0.419 e. The third kappa shape index (κ3) is 1.30. The summed E-state index contributed by atoms with van der Waals surface area (Å²) in [6.07, 6.45) is 3.38. The van der Waals surface area contributed by atoms with Gasteiger partial charge in [-0.3, -0.25) is 0 Å². The quantitative estimate of drug-likeness (QED) is 0.792. The Morgan fingerprint density at radius 1 is 1.33 bits per heavy atom. The second-order valence-electron chi connectivity index (χ2n) is 2.95. The zero-order chi connectivity index (χ0) is 10.3. The van der Waals surface area contributed by atoms with E-state index in [1.807, 2.05) is 12.1 Å². The molecule has 0 aromatic carbocycles. The van der Waals surface area contributed by atoms with Gasteiger partial charge in [0.15, 0.2) is 0 Å². The molecule has 0 saturated carbocycles. The minimum absolute atomic E-state index is 0.264. The van der Waals surface area contributed by atoms with Gasteiger partial charge in [-0.25, -0.2) is 4.98 Å². The number of pyridine rings is 1. The molecule has 1 aliphatic rings. The van der Waals surface area contributed by atoms with Gasteiger partial charge in [-0.15, -0.1) is 0 Å². The zero-order valence-corrected chi connectivity index (χ0v) is 8.28. The van der Waals surface area contributed by atoms with Crippen LogP contribution in [0, 0.1) is 0 Å². The number of hydrogen-bond donors (Lipinski definition) is 1. The van der Waals surface area contributed by atoms with Crippen molar-refractivity contribution >= 4 is 11.4 Å². The van der Waals surface area contributed by atoms with Gasteiger partial charge in [0.2, 0.25) is 5.75 Å². The van der Waals surface area contributed by atoms with Gasteiger partial charge in [0.1, 0.15) is 0 Å². The molecule has 1 N–H and O–H groups in total. The molecule has 0 amide bonds. The van der Waals surface area contributed by atoms with E-state index in [0.29, 0.717) is 5.75 Å². The molecule has 15 heavy (non-hydrogen) atoms. The summed E-state index contributed by atoms with van der Waals surface area (Å²) in [5, 5.41) is 0. The molecular weight excluding hydrogens is 216 g/mol. The van der Waals surface area contributed by atoms with E-state index in [2.05, 4.69) is 9.97 Å². The van der Waals surface area contributed by atoms with Crippen molar-refractivity contribution in [2.45, 2.75) is 0 Å². The molecule has 1 atom stereocenters. The summed E-state index contributed by atoms with van der Waals surface area (Å²) < 4.78 is 20.9. The van der Waals surface area contributed by atoms with Crippen molar-refractivity contribution in [2.24, 2.45) is 0 Å². The van der Waals surface area contributed by atoms with Crippen LogP contribution in [-0.2, 0) is 11.4 Å². The Kier molecular flexibility index (Phi) is 1.75. The number of fused-ring (bicyclic) bond motifs is 1. The van der Waals surface area contributed by atoms with E-state index in [1.165, 1.54) is 0 Å². The Morgan fingerprint density at radius 3 is 3.07 bits per heavy atom. The van der Waals surface area contributed by atoms with Crippen molar-refractivity contribution in [1.82, 2.24) is 9.97 Å². The van der Waals surface area contributed by atoms with Gasteiger partial charge in [-0.05, 0) is 18.2 Å². The molecule has 1 aliphatic heterocycles. The Hall–Kier alpha value is -1.82. The molecule has 2 aromatic heterocycles. The summed E-state index contributed by atoms with van der Waals surface area (Å²) in [4.78, 5) is 6.96. The number of nitrogens with one attached hydrogen (secondary N) is 1. The average molecular weight is 222 g/mol. The maximum atomic E-state index is 11.0. The van der Waals surface area contributed by atoms with E-state index in [-0.39, 0.29) is 5.88 Å². The monoisotopic (exact) mass is 222 g/mol. The minimum Gasteiger partial charge on any atom is -0.364 e. The zero-order valence-electron chi connectivity index (χ0n) is 7.47. The van der Waals surface area contributed by atoms with E-state index in [4.69, 9.17) is 8.37 Å². The second kappa shape index (κ2) is 3.09. The summed E-state index contributed by atoms with van der Waals surface area (Å²) >= 11 is -1.77. The third-order valence-electron chi connectivity index (χ3n) is 2.06. The van der Waals surface area contributed by atoms with Gasteiger partial charge < -0.3 is 13.4 Å². The van der Waals surface area contributed by atoms with E-state index in [0.717, 1.165) is 11.3 Å². The van der Waals surface area contributed by atoms with Crippen LogP contribution in [0.3, 0.4) is 0 Å². The molecule has 0 aliphatic carbocycles. The summed E-state index contributed by atoms with van der Waals surface area (Å²) in [6.45, 7) is 0. The van der Waals surface area contributed by atoms with Crippen LogP contribution in [0.5, 0.6) is 11.6 Å². The van der Waals surface area contributed by atoms with Crippen molar-refractivity contribution in [3.8, 4) is 22.9 Å². The Labute approximate surface area is 87.9 Å². The molecule has 0 saturated heterocycles. The standard InChI is InChI=1S/C9H6N2O3S/c12-15-13-8-6(7-2-1-4-10-7)3-5-11-9(8)14-15/h1-5,10H. The van der Waals surface area contributed by atoms with Crippen molar-refractivity contribution in [3.63, 3.8) is 0 Å². The van der Waals surface area contributed by atoms with E-state index >= 15 is 0 Å². The first kappa shape index (κ1) is 8.49. The van der Waals surface area contributed by atoms with Crippen LogP contribution in [-0.4, -0.2) is 14.2 Å². The fourth-order valence-corrected chi connectivity index (χ4v) is 2.01. The number of hydrogen-bond acceptors (Lipinski definition) is 4. The minimum atomic E-state index is -1.77. The Bertz CT molecular complexity index is 524. The van der Waals surface area contributed by atoms with Gasteiger partial charge in [0.25, 0.3) is 5.88 Å². The fraction of sp³-hybridized carbons (Fsp3) is 0. The smallest absolute Gasteiger partial charge is 0.364 e. The predicted octanol–water partition coefficient (Wildman–Crippen LogP) is 1.43. The first-order valence-corrected chi connectivity index (χ1v) is 5.26.